The van der Waals surface area contributed by atoms with Gasteiger partial charge in [-0.25, -0.2) is 4.79 Å². The number of nitrogens with zero attached hydrogens (tertiary/aromatic N) is 2. The van der Waals surface area contributed by atoms with Crippen LogP contribution in [0.3, 0.4) is 0 Å². The third-order valence-corrected chi connectivity index (χ3v) is 1.94. The van der Waals surface area contributed by atoms with Crippen molar-refractivity contribution in [2.24, 2.45) is 12.8 Å². The molecule has 0 aliphatic heterocycles. The smallest absolute Gasteiger partial charge is 0.318 e. The Morgan fingerprint density at radius 1 is 1.56 bits per heavy atom. The van der Waals surface area contributed by atoms with Gasteiger partial charge in [0.05, 0.1) is 17.9 Å². The second-order valence-corrected chi connectivity index (χ2v) is 3.28. The van der Waals surface area contributed by atoms with Crippen LogP contribution in [-0.2, 0) is 18.3 Å². The molecule has 0 aromatic carbocycles. The number of carbonyl (C=O) groups is 2. The van der Waals surface area contributed by atoms with E-state index < -0.39 is 11.9 Å². The van der Waals surface area contributed by atoms with Crippen LogP contribution in [0.1, 0.15) is 12.6 Å². The number of primary amides is 1. The third-order valence-electron chi connectivity index (χ3n) is 1.94. The normalized spacial score (nSPS) is 9.88. The van der Waals surface area contributed by atoms with Gasteiger partial charge in [-0.15, -0.1) is 0 Å². The summed E-state index contributed by atoms with van der Waals surface area (Å²) in [4.78, 5) is 21.5. The number of nitrogens with one attached hydrogen (secondary N) is 2. The van der Waals surface area contributed by atoms with Gasteiger partial charge in [0.15, 0.2) is 0 Å². The van der Waals surface area contributed by atoms with Crippen LogP contribution in [0, 0.1) is 0 Å². The van der Waals surface area contributed by atoms with Gasteiger partial charge in [0.1, 0.15) is 0 Å². The van der Waals surface area contributed by atoms with Gasteiger partial charge in [0, 0.05) is 13.2 Å². The number of imide groups is 1. The summed E-state index contributed by atoms with van der Waals surface area (Å²) in [7, 11) is 1.80. The van der Waals surface area contributed by atoms with Gasteiger partial charge >= 0.3 is 6.03 Å². The lowest BCUT2D eigenvalue weighted by atomic mass is 10.3. The van der Waals surface area contributed by atoms with Gasteiger partial charge in [-0.2, -0.15) is 5.10 Å². The number of rotatable bonds is 4. The van der Waals surface area contributed by atoms with Gasteiger partial charge in [0.25, 0.3) is 0 Å². The molecule has 7 nitrogen and oxygen atoms in total. The van der Waals surface area contributed by atoms with Crippen molar-refractivity contribution in [3.63, 3.8) is 0 Å². The molecule has 1 rings (SSSR count). The molecule has 1 aromatic rings. The molecule has 0 atom stereocenters. The molecular weight excluding hydrogens is 210 g/mol. The van der Waals surface area contributed by atoms with Crippen molar-refractivity contribution in [3.05, 3.63) is 11.9 Å². The van der Waals surface area contributed by atoms with Crippen LogP contribution in [0.25, 0.3) is 0 Å². The van der Waals surface area contributed by atoms with Gasteiger partial charge in [-0.05, 0) is 6.42 Å². The molecule has 0 aliphatic carbocycles. The minimum atomic E-state index is -0.853. The van der Waals surface area contributed by atoms with Crippen molar-refractivity contribution in [3.8, 4) is 0 Å². The zero-order valence-electron chi connectivity index (χ0n) is 9.28. The summed E-state index contributed by atoms with van der Waals surface area (Å²) >= 11 is 0. The predicted molar refractivity (Wildman–Crippen MR) is 58.8 cm³/mol. The molecule has 0 unspecified atom stereocenters. The number of nitrogens with two attached hydrogens (primary N) is 1. The fourth-order valence-corrected chi connectivity index (χ4v) is 1.30. The summed E-state index contributed by atoms with van der Waals surface area (Å²) in [6, 6.07) is -0.853. The molecule has 0 bridgehead atoms. The average Bonchev–Trinajstić information content (AvgIpc) is 2.55. The zero-order chi connectivity index (χ0) is 12.1. The first-order chi connectivity index (χ1) is 7.52. The zero-order valence-corrected chi connectivity index (χ0v) is 9.28. The highest BCUT2D eigenvalue weighted by Crippen LogP contribution is 2.12. The van der Waals surface area contributed by atoms with E-state index in [1.54, 1.807) is 17.9 Å². The lowest BCUT2D eigenvalue weighted by molar-refractivity contribution is -0.118. The Kier molecular flexibility index (Phi) is 3.87. The molecule has 1 heterocycles. The first-order valence-corrected chi connectivity index (χ1v) is 4.88. The number of hydrogen-bond acceptors (Lipinski definition) is 4. The molecule has 16 heavy (non-hydrogen) atoms. The highest BCUT2D eigenvalue weighted by Gasteiger charge is 2.08. The van der Waals surface area contributed by atoms with E-state index in [4.69, 9.17) is 5.73 Å². The van der Waals surface area contributed by atoms with E-state index in [2.05, 4.69) is 10.4 Å². The van der Waals surface area contributed by atoms with Crippen LogP contribution >= 0.6 is 0 Å². The minimum absolute atomic E-state index is 0.0123. The number of carbonyl (C=O) groups excluding carboxylic acids is 2. The van der Waals surface area contributed by atoms with E-state index in [1.165, 1.54) is 0 Å². The van der Waals surface area contributed by atoms with Crippen molar-refractivity contribution < 1.29 is 9.59 Å². The van der Waals surface area contributed by atoms with Crippen LogP contribution in [0.4, 0.5) is 10.5 Å². The molecule has 1 aromatic heterocycles. The second-order valence-electron chi connectivity index (χ2n) is 3.28. The maximum atomic E-state index is 11.1. The summed E-state index contributed by atoms with van der Waals surface area (Å²) < 4.78 is 1.66. The van der Waals surface area contributed by atoms with E-state index >= 15 is 0 Å². The van der Waals surface area contributed by atoms with Gasteiger partial charge in [0.2, 0.25) is 5.91 Å². The monoisotopic (exact) mass is 225 g/mol. The fourth-order valence-electron chi connectivity index (χ4n) is 1.30. The Labute approximate surface area is 93.0 Å². The summed E-state index contributed by atoms with van der Waals surface area (Å²) in [5.74, 6) is -0.474. The SMILES string of the molecule is CCc1nn(C)cc1NCC(=O)NC(N)=O. The van der Waals surface area contributed by atoms with E-state index in [9.17, 15) is 9.59 Å². The highest BCUT2D eigenvalue weighted by atomic mass is 16.2. The van der Waals surface area contributed by atoms with Gasteiger partial charge < -0.3 is 11.1 Å². The number of anilines is 1. The largest absolute Gasteiger partial charge is 0.373 e. The van der Waals surface area contributed by atoms with Crippen LogP contribution < -0.4 is 16.4 Å². The van der Waals surface area contributed by atoms with Crippen molar-refractivity contribution in [2.75, 3.05) is 11.9 Å². The number of aromatic nitrogens is 2. The third kappa shape index (κ3) is 3.26. The molecular formula is C9H15N5O2. The quantitative estimate of drug-likeness (QED) is 0.648. The summed E-state index contributed by atoms with van der Waals surface area (Å²) in [6.45, 7) is 1.96. The standard InChI is InChI=1S/C9H15N5O2/c1-3-6-7(5-14(2)13-6)11-4-8(15)12-9(10)16/h5,11H,3-4H2,1-2H3,(H3,10,12,15,16). The Hall–Kier alpha value is -2.05. The Bertz CT molecular complexity index is 399. The molecule has 88 valence electrons. The average molecular weight is 225 g/mol. The lowest BCUT2D eigenvalue weighted by Crippen LogP contribution is -2.38. The number of amides is 3. The maximum absolute atomic E-state index is 11.1. The molecule has 0 fully saturated rings. The molecule has 0 spiro atoms. The van der Waals surface area contributed by atoms with E-state index in [-0.39, 0.29) is 6.54 Å². The minimum Gasteiger partial charge on any atom is -0.373 e. The predicted octanol–water partition coefficient (Wildman–Crippen LogP) is -0.411. The summed E-state index contributed by atoms with van der Waals surface area (Å²) in [5, 5.41) is 9.05. The first kappa shape index (κ1) is 12.0. The van der Waals surface area contributed by atoms with Crippen molar-refractivity contribution in [1.82, 2.24) is 15.1 Å². The van der Waals surface area contributed by atoms with E-state index in [0.717, 1.165) is 17.8 Å². The number of urea groups is 1. The first-order valence-electron chi connectivity index (χ1n) is 4.88. The highest BCUT2D eigenvalue weighted by molar-refractivity contribution is 5.95. The van der Waals surface area contributed by atoms with E-state index in [1.807, 2.05) is 12.2 Å². The molecule has 4 N–H and O–H groups in total. The number of hydrogen-bond donors (Lipinski definition) is 3. The van der Waals surface area contributed by atoms with Crippen LogP contribution in [-0.4, -0.2) is 28.3 Å². The fraction of sp³-hybridized carbons (Fsp3) is 0.444. The molecule has 7 heteroatoms. The van der Waals surface area contributed by atoms with Crippen molar-refractivity contribution in [1.29, 1.82) is 0 Å². The molecule has 3 amide bonds. The van der Waals surface area contributed by atoms with Crippen LogP contribution in [0.2, 0.25) is 0 Å². The molecule has 0 saturated heterocycles. The Morgan fingerprint density at radius 3 is 2.81 bits per heavy atom. The maximum Gasteiger partial charge on any atom is 0.318 e. The van der Waals surface area contributed by atoms with E-state index in [0.29, 0.717) is 0 Å². The summed E-state index contributed by atoms with van der Waals surface area (Å²) in [5.41, 5.74) is 6.46. The van der Waals surface area contributed by atoms with Gasteiger partial charge in [-0.3, -0.25) is 14.8 Å². The summed E-state index contributed by atoms with van der Waals surface area (Å²) in [6.07, 6.45) is 2.54. The van der Waals surface area contributed by atoms with Gasteiger partial charge in [-0.1, -0.05) is 6.92 Å². The molecule has 0 radical (unpaired) electrons. The van der Waals surface area contributed by atoms with Crippen LogP contribution in [0.15, 0.2) is 6.20 Å². The Morgan fingerprint density at radius 2 is 2.25 bits per heavy atom. The lowest BCUT2D eigenvalue weighted by Gasteiger charge is -2.04. The topological polar surface area (TPSA) is 102 Å². The van der Waals surface area contributed by atoms with Crippen molar-refractivity contribution in [2.45, 2.75) is 13.3 Å². The van der Waals surface area contributed by atoms with Crippen LogP contribution in [0.5, 0.6) is 0 Å². The second kappa shape index (κ2) is 5.15. The Balaban J connectivity index is 2.53. The molecule has 0 saturated carbocycles. The number of aryl methyl sites for hydroxylation is 2. The molecule has 0 aliphatic rings. The van der Waals surface area contributed by atoms with Crippen molar-refractivity contribution >= 4 is 17.6 Å².